The fraction of sp³-hybridized carbons (Fsp3) is 0.240. The van der Waals surface area contributed by atoms with E-state index in [9.17, 15) is 29.0 Å². The Kier molecular flexibility index (Phi) is 6.69. The summed E-state index contributed by atoms with van der Waals surface area (Å²) in [5, 5.41) is 21.5. The summed E-state index contributed by atoms with van der Waals surface area (Å²) in [5.41, 5.74) is -1.80. The molecule has 0 aliphatic carbocycles. The number of carboxylic acid groups (broad SMARTS) is 1. The van der Waals surface area contributed by atoms with E-state index in [-0.39, 0.29) is 35.2 Å². The quantitative estimate of drug-likeness (QED) is 0.389. The van der Waals surface area contributed by atoms with Crippen LogP contribution in [0.2, 0.25) is 0 Å². The Bertz CT molecular complexity index is 1250. The Morgan fingerprint density at radius 2 is 1.75 bits per heavy atom. The second-order valence-corrected chi connectivity index (χ2v) is 7.58. The first-order chi connectivity index (χ1) is 15.2. The van der Waals surface area contributed by atoms with E-state index < -0.39 is 29.6 Å². The molecule has 7 heteroatoms. The van der Waals surface area contributed by atoms with Gasteiger partial charge in [-0.3, -0.25) is 14.4 Å². The van der Waals surface area contributed by atoms with Crippen molar-refractivity contribution < 1.29 is 24.2 Å². The zero-order valence-electron chi connectivity index (χ0n) is 17.7. The minimum absolute atomic E-state index is 0.110. The maximum atomic E-state index is 13.7. The topological polar surface area (TPSA) is 96.6 Å². The monoisotopic (exact) mass is 437 g/mol. The molecule has 0 fully saturated rings. The number of aliphatic carboxylic acids is 1. The number of Topliss-reactive ketones (excluding diaryl/α,β-unsaturated/α-hetero) is 1. The third-order valence-corrected chi connectivity index (χ3v) is 5.37. The summed E-state index contributed by atoms with van der Waals surface area (Å²) >= 11 is 0. The van der Waals surface area contributed by atoms with Crippen LogP contribution < -0.4 is 5.56 Å². The molecule has 3 rings (SSSR count). The molecular formula is C25H24FNO5. The highest BCUT2D eigenvalue weighted by Gasteiger charge is 2.42. The second-order valence-electron chi connectivity index (χ2n) is 7.58. The number of hydrogen-bond donors (Lipinski definition) is 2. The van der Waals surface area contributed by atoms with E-state index in [0.717, 1.165) is 0 Å². The van der Waals surface area contributed by atoms with Gasteiger partial charge in [0.2, 0.25) is 0 Å². The number of ketones is 1. The third kappa shape index (κ3) is 4.11. The van der Waals surface area contributed by atoms with Gasteiger partial charge in [-0.2, -0.15) is 0 Å². The fourth-order valence-corrected chi connectivity index (χ4v) is 4.01. The number of hydrogen-bond acceptors (Lipinski definition) is 4. The number of aromatic nitrogens is 1. The molecule has 0 radical (unpaired) electrons. The number of carbonyl (C=O) groups is 2. The summed E-state index contributed by atoms with van der Waals surface area (Å²) < 4.78 is 15.1. The van der Waals surface area contributed by atoms with Gasteiger partial charge in [-0.1, -0.05) is 31.2 Å². The molecule has 1 heterocycles. The van der Waals surface area contributed by atoms with Crippen LogP contribution in [-0.2, 0) is 21.7 Å². The summed E-state index contributed by atoms with van der Waals surface area (Å²) in [7, 11) is 0. The van der Waals surface area contributed by atoms with Gasteiger partial charge in [0.25, 0.3) is 5.56 Å². The largest absolute Gasteiger partial charge is 0.481 e. The number of benzene rings is 2. The summed E-state index contributed by atoms with van der Waals surface area (Å²) in [6.45, 7) is 5.78. The fourth-order valence-electron chi connectivity index (χ4n) is 4.01. The van der Waals surface area contributed by atoms with Crippen LogP contribution in [0.15, 0.2) is 66.0 Å². The van der Waals surface area contributed by atoms with E-state index in [4.69, 9.17) is 0 Å². The Morgan fingerprint density at radius 1 is 1.12 bits per heavy atom. The zero-order chi connectivity index (χ0) is 23.5. The van der Waals surface area contributed by atoms with Crippen molar-refractivity contribution in [2.75, 3.05) is 0 Å². The molecule has 6 nitrogen and oxygen atoms in total. The van der Waals surface area contributed by atoms with Gasteiger partial charge in [-0.15, -0.1) is 6.58 Å². The van der Waals surface area contributed by atoms with Crippen molar-refractivity contribution in [1.29, 1.82) is 0 Å². The van der Waals surface area contributed by atoms with Gasteiger partial charge in [0.05, 0.1) is 5.69 Å². The predicted molar refractivity (Wildman–Crippen MR) is 120 cm³/mol. The molecule has 2 N–H and O–H groups in total. The molecule has 0 aliphatic heterocycles. The van der Waals surface area contributed by atoms with Crippen molar-refractivity contribution in [1.82, 2.24) is 4.57 Å². The Balaban J connectivity index is 2.55. The molecule has 0 aliphatic rings. The first kappa shape index (κ1) is 23.1. The van der Waals surface area contributed by atoms with E-state index >= 15 is 0 Å². The molecule has 2 aromatic carbocycles. The first-order valence-electron chi connectivity index (χ1n) is 10.2. The van der Waals surface area contributed by atoms with Crippen LogP contribution in [0, 0.1) is 5.82 Å². The van der Waals surface area contributed by atoms with E-state index in [1.54, 1.807) is 24.3 Å². The lowest BCUT2D eigenvalue weighted by atomic mass is 9.80. The van der Waals surface area contributed by atoms with Crippen molar-refractivity contribution in [3.8, 4) is 11.3 Å². The van der Waals surface area contributed by atoms with Crippen LogP contribution in [0.4, 0.5) is 4.39 Å². The van der Waals surface area contributed by atoms with E-state index in [1.165, 1.54) is 34.9 Å². The number of rotatable bonds is 9. The van der Waals surface area contributed by atoms with Crippen LogP contribution in [0.25, 0.3) is 22.0 Å². The van der Waals surface area contributed by atoms with Crippen molar-refractivity contribution in [3.63, 3.8) is 0 Å². The van der Waals surface area contributed by atoms with Gasteiger partial charge in [0, 0.05) is 23.9 Å². The number of carbonyl (C=O) groups excluding carboxylic acids is 1. The highest BCUT2D eigenvalue weighted by Crippen LogP contribution is 2.40. The normalized spacial score (nSPS) is 13.0. The number of nitrogens with zero attached hydrogens (tertiary/aromatic N) is 1. The molecule has 0 bridgehead atoms. The Hall–Kier alpha value is -3.58. The lowest BCUT2D eigenvalue weighted by Gasteiger charge is -2.31. The maximum absolute atomic E-state index is 13.7. The molecule has 1 atom stereocenters. The Labute approximate surface area is 184 Å². The second kappa shape index (κ2) is 9.28. The molecular weight excluding hydrogens is 413 g/mol. The van der Waals surface area contributed by atoms with Crippen LogP contribution in [0.3, 0.4) is 0 Å². The molecule has 0 saturated carbocycles. The number of fused-ring (bicyclic) bond motifs is 1. The third-order valence-electron chi connectivity index (χ3n) is 5.37. The van der Waals surface area contributed by atoms with Crippen LogP contribution in [0.1, 0.15) is 31.7 Å². The van der Waals surface area contributed by atoms with Crippen LogP contribution in [-0.4, -0.2) is 26.5 Å². The van der Waals surface area contributed by atoms with E-state index in [0.29, 0.717) is 17.4 Å². The molecule has 0 spiro atoms. The average Bonchev–Trinajstić information content (AvgIpc) is 2.76. The van der Waals surface area contributed by atoms with Gasteiger partial charge in [-0.05, 0) is 47.7 Å². The minimum Gasteiger partial charge on any atom is -0.481 e. The summed E-state index contributed by atoms with van der Waals surface area (Å²) in [5.74, 6) is -2.80. The lowest BCUT2D eigenvalue weighted by Crippen LogP contribution is -2.39. The molecule has 1 unspecified atom stereocenters. The minimum atomic E-state index is -2.26. The van der Waals surface area contributed by atoms with Crippen molar-refractivity contribution in [3.05, 3.63) is 82.9 Å². The Morgan fingerprint density at radius 3 is 2.31 bits per heavy atom. The summed E-state index contributed by atoms with van der Waals surface area (Å²) in [6.07, 6.45) is 0.739. The standard InChI is InChI=1S/C25H24FNO5/c1-3-13-25(32,20(28)15-21(29)30)22-18-7-5-6-8-19(18)24(31)27(14-4-2)23(22)16-9-11-17(26)12-10-16/h3,5-12,32H,1,4,13-15H2,2H3,(H,29,30). The smallest absolute Gasteiger partial charge is 0.311 e. The van der Waals surface area contributed by atoms with Gasteiger partial charge in [0.15, 0.2) is 11.4 Å². The molecule has 3 aromatic rings. The number of carboxylic acids is 1. The predicted octanol–water partition coefficient (Wildman–Crippen LogP) is 4.03. The lowest BCUT2D eigenvalue weighted by molar-refractivity contribution is -0.147. The molecule has 0 amide bonds. The number of pyridine rings is 1. The molecule has 1 aromatic heterocycles. The average molecular weight is 437 g/mol. The summed E-state index contributed by atoms with van der Waals surface area (Å²) in [6, 6.07) is 11.9. The SMILES string of the molecule is C=CCC(O)(C(=O)CC(=O)O)c1c(-c2ccc(F)cc2)n(CCC)c(=O)c2ccccc12. The number of aliphatic hydroxyl groups is 1. The van der Waals surface area contributed by atoms with Crippen molar-refractivity contribution in [2.24, 2.45) is 0 Å². The molecule has 0 saturated heterocycles. The first-order valence-corrected chi connectivity index (χ1v) is 10.2. The van der Waals surface area contributed by atoms with Gasteiger partial charge >= 0.3 is 5.97 Å². The highest BCUT2D eigenvalue weighted by atomic mass is 19.1. The van der Waals surface area contributed by atoms with E-state index in [1.807, 2.05) is 6.92 Å². The molecule has 32 heavy (non-hydrogen) atoms. The van der Waals surface area contributed by atoms with Crippen molar-refractivity contribution in [2.45, 2.75) is 38.3 Å². The van der Waals surface area contributed by atoms with Crippen LogP contribution in [0.5, 0.6) is 0 Å². The highest BCUT2D eigenvalue weighted by molar-refractivity contribution is 6.04. The zero-order valence-corrected chi connectivity index (χ0v) is 17.7. The molecule has 166 valence electrons. The van der Waals surface area contributed by atoms with Crippen molar-refractivity contribution >= 4 is 22.5 Å². The van der Waals surface area contributed by atoms with Crippen LogP contribution >= 0.6 is 0 Å². The van der Waals surface area contributed by atoms with Gasteiger partial charge < -0.3 is 14.8 Å². The number of halogens is 1. The van der Waals surface area contributed by atoms with Gasteiger partial charge in [-0.25, -0.2) is 4.39 Å². The summed E-state index contributed by atoms with van der Waals surface area (Å²) in [4.78, 5) is 37.8. The van der Waals surface area contributed by atoms with Gasteiger partial charge in [0.1, 0.15) is 12.2 Å². The maximum Gasteiger partial charge on any atom is 0.311 e. The van der Waals surface area contributed by atoms with E-state index in [2.05, 4.69) is 6.58 Å².